The number of hydrogen-bond acceptors (Lipinski definition) is 8. The zero-order valence-electron chi connectivity index (χ0n) is 20.0. The zero-order chi connectivity index (χ0) is 24.8. The summed E-state index contributed by atoms with van der Waals surface area (Å²) in [5.74, 6) is 1.60. The number of terminal acetylenes is 1. The van der Waals surface area contributed by atoms with Gasteiger partial charge in [0.15, 0.2) is 0 Å². The number of hydrogen-bond donors (Lipinski definition) is 3. The molecule has 0 heterocycles. The Morgan fingerprint density at radius 2 is 1.21 bits per heavy atom. The molecule has 0 atom stereocenters. The molecule has 0 saturated carbocycles. The Balaban J connectivity index is 3.29. The van der Waals surface area contributed by atoms with Crippen LogP contribution in [0.1, 0.15) is 33.6 Å². The van der Waals surface area contributed by atoms with Crippen LogP contribution >= 0.6 is 0 Å². The fourth-order valence-corrected chi connectivity index (χ4v) is 2.11. The van der Waals surface area contributed by atoms with Gasteiger partial charge < -0.3 is 39.6 Å². The summed E-state index contributed by atoms with van der Waals surface area (Å²) < 4.78 is 26.3. The van der Waals surface area contributed by atoms with Crippen LogP contribution in [0, 0.1) is 12.3 Å². The number of amides is 3. The third kappa shape index (κ3) is 24.1. The van der Waals surface area contributed by atoms with E-state index in [4.69, 9.17) is 30.1 Å². The number of carbonyl (C=O) groups is 3. The lowest BCUT2D eigenvalue weighted by Gasteiger charge is -2.19. The number of carbonyl (C=O) groups excluding carboxylic acids is 3. The maximum absolute atomic E-state index is 11.5. The van der Waals surface area contributed by atoms with E-state index in [0.717, 1.165) is 0 Å². The van der Waals surface area contributed by atoms with E-state index < -0.39 is 11.7 Å². The van der Waals surface area contributed by atoms with Gasteiger partial charge in [0.2, 0.25) is 11.8 Å². The van der Waals surface area contributed by atoms with Crippen LogP contribution in [0.25, 0.3) is 0 Å². The van der Waals surface area contributed by atoms with Crippen LogP contribution in [0.15, 0.2) is 0 Å². The molecule has 3 N–H and O–H groups in total. The van der Waals surface area contributed by atoms with E-state index in [0.29, 0.717) is 65.6 Å². The number of rotatable bonds is 19. The highest BCUT2D eigenvalue weighted by molar-refractivity contribution is 5.79. The maximum atomic E-state index is 11.5. The second kappa shape index (κ2) is 20.2. The molecule has 0 rings (SSSR count). The van der Waals surface area contributed by atoms with E-state index >= 15 is 0 Å². The molecule has 0 radical (unpaired) electrons. The minimum Gasteiger partial charge on any atom is -0.444 e. The lowest BCUT2D eigenvalue weighted by Crippen LogP contribution is -2.33. The topological polar surface area (TPSA) is 133 Å². The zero-order valence-corrected chi connectivity index (χ0v) is 20.0. The van der Waals surface area contributed by atoms with Gasteiger partial charge in [0.1, 0.15) is 18.8 Å². The molecule has 0 unspecified atom stereocenters. The number of ether oxygens (including phenoxy) is 5. The Labute approximate surface area is 196 Å². The Morgan fingerprint density at radius 1 is 0.727 bits per heavy atom. The minimum absolute atomic E-state index is 0.129. The van der Waals surface area contributed by atoms with Crippen molar-refractivity contribution in [3.05, 3.63) is 0 Å². The first-order valence-electron chi connectivity index (χ1n) is 11.0. The third-order valence-corrected chi connectivity index (χ3v) is 3.52. The van der Waals surface area contributed by atoms with Gasteiger partial charge in [-0.1, -0.05) is 5.92 Å². The van der Waals surface area contributed by atoms with E-state index in [1.54, 1.807) is 0 Å². The van der Waals surface area contributed by atoms with Crippen molar-refractivity contribution in [2.45, 2.75) is 39.2 Å². The van der Waals surface area contributed by atoms with Gasteiger partial charge in [0.05, 0.1) is 33.0 Å². The van der Waals surface area contributed by atoms with Gasteiger partial charge in [0, 0.05) is 26.3 Å². The Hall–Kier alpha value is -2.39. The minimum atomic E-state index is -0.502. The third-order valence-electron chi connectivity index (χ3n) is 3.52. The van der Waals surface area contributed by atoms with Crippen molar-refractivity contribution in [1.82, 2.24) is 16.0 Å². The van der Waals surface area contributed by atoms with Crippen LogP contribution < -0.4 is 16.0 Å². The molecule has 3 amide bonds. The quantitative estimate of drug-likeness (QED) is 0.179. The lowest BCUT2D eigenvalue weighted by molar-refractivity contribution is -0.130. The molecule has 0 fully saturated rings. The molecular weight excluding hydrogens is 434 g/mol. The maximum Gasteiger partial charge on any atom is 0.407 e. The molecule has 0 aromatic carbocycles. The summed E-state index contributed by atoms with van der Waals surface area (Å²) in [6.07, 6.45) is 5.92. The van der Waals surface area contributed by atoms with Crippen LogP contribution in [-0.2, 0) is 33.3 Å². The van der Waals surface area contributed by atoms with Gasteiger partial charge in [-0.2, -0.15) is 0 Å². The van der Waals surface area contributed by atoms with Crippen LogP contribution in [0.2, 0.25) is 0 Å². The largest absolute Gasteiger partial charge is 0.444 e. The Morgan fingerprint density at radius 3 is 1.73 bits per heavy atom. The van der Waals surface area contributed by atoms with Gasteiger partial charge in [-0.25, -0.2) is 4.79 Å². The highest BCUT2D eigenvalue weighted by Gasteiger charge is 2.15. The summed E-state index contributed by atoms with van der Waals surface area (Å²) in [7, 11) is 0. The second-order valence-corrected chi connectivity index (χ2v) is 7.80. The average molecular weight is 474 g/mol. The standard InChI is InChI=1S/C22H39N3O8/c1-5-8-23-19(26)17-32-18-20(27)24-9-6-11-29-13-15-31-16-14-30-12-7-10-25-21(28)33-22(2,3)4/h1H,6-18H2,2-4H3,(H,23,26)(H,24,27)(H,25,28). The lowest BCUT2D eigenvalue weighted by atomic mass is 10.2. The number of alkyl carbamates (subject to hydrolysis) is 1. The van der Waals surface area contributed by atoms with E-state index in [1.165, 1.54) is 0 Å². The van der Waals surface area contributed by atoms with Crippen molar-refractivity contribution in [2.75, 3.05) is 72.5 Å². The molecule has 0 aromatic heterocycles. The summed E-state index contributed by atoms with van der Waals surface area (Å²) in [6.45, 7) is 8.92. The molecule has 0 aromatic rings. The second-order valence-electron chi connectivity index (χ2n) is 7.80. The predicted octanol–water partition coefficient (Wildman–Crippen LogP) is 0.223. The molecule has 0 aliphatic rings. The van der Waals surface area contributed by atoms with Gasteiger partial charge in [0.25, 0.3) is 0 Å². The van der Waals surface area contributed by atoms with Crippen molar-refractivity contribution < 1.29 is 38.1 Å². The van der Waals surface area contributed by atoms with Crippen molar-refractivity contribution in [3.8, 4) is 12.3 Å². The van der Waals surface area contributed by atoms with Crippen LogP contribution in [0.4, 0.5) is 4.79 Å². The molecular formula is C22H39N3O8. The summed E-state index contributed by atoms with van der Waals surface area (Å²) >= 11 is 0. The molecule has 33 heavy (non-hydrogen) atoms. The fourth-order valence-electron chi connectivity index (χ4n) is 2.11. The Bertz CT molecular complexity index is 587. The van der Waals surface area contributed by atoms with E-state index in [-0.39, 0.29) is 31.6 Å². The average Bonchev–Trinajstić information content (AvgIpc) is 2.73. The van der Waals surface area contributed by atoms with Crippen molar-refractivity contribution in [1.29, 1.82) is 0 Å². The highest BCUT2D eigenvalue weighted by Crippen LogP contribution is 2.06. The molecule has 11 heteroatoms. The molecule has 0 spiro atoms. The summed E-state index contributed by atoms with van der Waals surface area (Å²) in [5.41, 5.74) is -0.502. The number of nitrogens with one attached hydrogen (secondary N) is 3. The molecule has 0 aliphatic heterocycles. The first kappa shape index (κ1) is 30.6. The van der Waals surface area contributed by atoms with Crippen molar-refractivity contribution in [2.24, 2.45) is 0 Å². The molecule has 0 aliphatic carbocycles. The van der Waals surface area contributed by atoms with E-state index in [1.807, 2.05) is 20.8 Å². The Kier molecular flexibility index (Phi) is 18.8. The monoisotopic (exact) mass is 473 g/mol. The molecule has 11 nitrogen and oxygen atoms in total. The molecule has 0 bridgehead atoms. The van der Waals surface area contributed by atoms with E-state index in [2.05, 4.69) is 21.9 Å². The van der Waals surface area contributed by atoms with Gasteiger partial charge in [-0.05, 0) is 33.6 Å². The van der Waals surface area contributed by atoms with Crippen LogP contribution in [0.5, 0.6) is 0 Å². The van der Waals surface area contributed by atoms with Crippen LogP contribution in [0.3, 0.4) is 0 Å². The molecule has 0 saturated heterocycles. The summed E-state index contributed by atoms with van der Waals surface area (Å²) in [6, 6.07) is 0. The fraction of sp³-hybridized carbons (Fsp3) is 0.773. The smallest absolute Gasteiger partial charge is 0.407 e. The first-order valence-corrected chi connectivity index (χ1v) is 11.0. The first-order chi connectivity index (χ1) is 15.7. The van der Waals surface area contributed by atoms with Crippen molar-refractivity contribution in [3.63, 3.8) is 0 Å². The van der Waals surface area contributed by atoms with Crippen LogP contribution in [-0.4, -0.2) is 96.0 Å². The molecule has 190 valence electrons. The normalized spacial score (nSPS) is 10.8. The SMILES string of the molecule is C#CCNC(=O)COCC(=O)NCCCOCCOCCOCCCNC(=O)OC(C)(C)C. The van der Waals surface area contributed by atoms with E-state index in [9.17, 15) is 14.4 Å². The summed E-state index contributed by atoms with van der Waals surface area (Å²) in [5, 5.41) is 7.77. The van der Waals surface area contributed by atoms with Crippen molar-refractivity contribution >= 4 is 17.9 Å². The van der Waals surface area contributed by atoms with Gasteiger partial charge >= 0.3 is 6.09 Å². The van der Waals surface area contributed by atoms with Gasteiger partial charge in [-0.3, -0.25) is 9.59 Å². The van der Waals surface area contributed by atoms with Gasteiger partial charge in [-0.15, -0.1) is 6.42 Å². The summed E-state index contributed by atoms with van der Waals surface area (Å²) in [4.78, 5) is 34.2. The predicted molar refractivity (Wildman–Crippen MR) is 122 cm³/mol. The highest BCUT2D eigenvalue weighted by atomic mass is 16.6.